The lowest BCUT2D eigenvalue weighted by atomic mass is 10.0. The molecule has 1 aliphatic rings. The number of sulfone groups is 1. The maximum Gasteiger partial charge on any atom is 0.175 e. The van der Waals surface area contributed by atoms with Gasteiger partial charge in [-0.25, -0.2) is 8.42 Å². The van der Waals surface area contributed by atoms with Crippen LogP contribution in [-0.4, -0.2) is 63.8 Å². The van der Waals surface area contributed by atoms with Gasteiger partial charge in [-0.05, 0) is 53.1 Å². The van der Waals surface area contributed by atoms with E-state index < -0.39 is 9.84 Å². The van der Waals surface area contributed by atoms with E-state index in [-0.39, 0.29) is 6.10 Å². The average Bonchev–Trinajstić information content (AvgIpc) is 2.84. The van der Waals surface area contributed by atoms with Crippen LogP contribution < -0.4 is 0 Å². The van der Waals surface area contributed by atoms with Crippen LogP contribution in [0.25, 0.3) is 0 Å². The molecule has 0 atom stereocenters. The van der Waals surface area contributed by atoms with E-state index in [1.807, 2.05) is 60.7 Å². The lowest BCUT2D eigenvalue weighted by molar-refractivity contribution is 0.0442. The summed E-state index contributed by atoms with van der Waals surface area (Å²) < 4.78 is 29.7. The van der Waals surface area contributed by atoms with Gasteiger partial charge in [-0.2, -0.15) is 0 Å². The summed E-state index contributed by atoms with van der Waals surface area (Å²) in [5, 5.41) is 1.40. The Kier molecular flexibility index (Phi) is 8.87. The number of ether oxygens (including phenoxy) is 1. The van der Waals surface area contributed by atoms with Crippen molar-refractivity contribution < 1.29 is 13.2 Å². The van der Waals surface area contributed by atoms with Crippen LogP contribution in [0.5, 0.6) is 0 Å². The minimum absolute atomic E-state index is 0.180. The number of halogens is 2. The van der Waals surface area contributed by atoms with E-state index in [0.717, 1.165) is 56.0 Å². The Morgan fingerprint density at radius 1 is 0.771 bits per heavy atom. The zero-order valence-corrected chi connectivity index (χ0v) is 22.1. The predicted molar refractivity (Wildman–Crippen MR) is 142 cm³/mol. The van der Waals surface area contributed by atoms with Gasteiger partial charge in [0.1, 0.15) is 6.10 Å². The molecule has 1 fully saturated rings. The van der Waals surface area contributed by atoms with Gasteiger partial charge in [0.15, 0.2) is 9.84 Å². The molecule has 3 aromatic rings. The van der Waals surface area contributed by atoms with Crippen molar-refractivity contribution in [2.45, 2.75) is 17.5 Å². The zero-order chi connectivity index (χ0) is 24.8. The highest BCUT2D eigenvalue weighted by molar-refractivity contribution is 7.90. The van der Waals surface area contributed by atoms with Gasteiger partial charge < -0.3 is 4.74 Å². The van der Waals surface area contributed by atoms with Gasteiger partial charge in [0, 0.05) is 55.6 Å². The molecule has 1 heterocycles. The smallest absolute Gasteiger partial charge is 0.175 e. The second-order valence-corrected chi connectivity index (χ2v) is 11.8. The molecular weight excluding hydrogens is 503 g/mol. The molecule has 0 spiro atoms. The summed E-state index contributed by atoms with van der Waals surface area (Å²) in [5.41, 5.74) is 3.25. The van der Waals surface area contributed by atoms with Crippen molar-refractivity contribution in [3.8, 4) is 0 Å². The third-order valence-electron chi connectivity index (χ3n) is 6.26. The van der Waals surface area contributed by atoms with Crippen molar-refractivity contribution in [3.05, 3.63) is 99.5 Å². The fourth-order valence-electron chi connectivity index (χ4n) is 4.23. The molecule has 8 heteroatoms. The summed E-state index contributed by atoms with van der Waals surface area (Å²) in [4.78, 5) is 5.18. The lowest BCUT2D eigenvalue weighted by Gasteiger charge is -2.35. The zero-order valence-electron chi connectivity index (χ0n) is 19.7. The quantitative estimate of drug-likeness (QED) is 0.373. The molecule has 186 valence electrons. The first kappa shape index (κ1) is 26.1. The van der Waals surface area contributed by atoms with E-state index in [4.69, 9.17) is 27.9 Å². The molecule has 0 aromatic heterocycles. The van der Waals surface area contributed by atoms with Crippen LogP contribution in [0.15, 0.2) is 77.7 Å². The Hall–Kier alpha value is -1.93. The topological polar surface area (TPSA) is 49.9 Å². The van der Waals surface area contributed by atoms with Gasteiger partial charge in [-0.15, -0.1) is 0 Å². The largest absolute Gasteiger partial charge is 0.367 e. The summed E-state index contributed by atoms with van der Waals surface area (Å²) in [6.45, 7) is 6.16. The number of hydrogen-bond acceptors (Lipinski definition) is 5. The highest BCUT2D eigenvalue weighted by atomic mass is 35.5. The Balaban J connectivity index is 1.28. The van der Waals surface area contributed by atoms with Crippen LogP contribution in [0.4, 0.5) is 0 Å². The van der Waals surface area contributed by atoms with Crippen LogP contribution in [-0.2, 0) is 21.1 Å². The Bertz CT molecular complexity index is 1150. The SMILES string of the molecule is CS(=O)(=O)c1ccc(CN2CCN(CCOC(c3ccc(Cl)cc3)c3ccc(Cl)cc3)CC2)cc1. The van der Waals surface area contributed by atoms with Crippen LogP contribution in [0.2, 0.25) is 10.0 Å². The van der Waals surface area contributed by atoms with Gasteiger partial charge in [0.2, 0.25) is 0 Å². The molecule has 0 amide bonds. The van der Waals surface area contributed by atoms with E-state index in [1.165, 1.54) is 6.26 Å². The first-order valence-corrected chi connectivity index (χ1v) is 14.3. The van der Waals surface area contributed by atoms with E-state index in [9.17, 15) is 8.42 Å². The fraction of sp³-hybridized carbons (Fsp3) is 0.333. The van der Waals surface area contributed by atoms with Gasteiger partial charge in [0.25, 0.3) is 0 Å². The average molecular weight is 534 g/mol. The molecule has 4 rings (SSSR count). The third-order valence-corrected chi connectivity index (χ3v) is 7.89. The summed E-state index contributed by atoms with van der Waals surface area (Å²) in [6.07, 6.45) is 1.05. The molecule has 0 bridgehead atoms. The van der Waals surface area contributed by atoms with E-state index in [2.05, 4.69) is 9.80 Å². The molecular formula is C27H30Cl2N2O3S. The van der Waals surface area contributed by atoms with Crippen LogP contribution in [0.1, 0.15) is 22.8 Å². The maximum atomic E-state index is 11.6. The normalized spacial score (nSPS) is 15.5. The standard InChI is InChI=1S/C27H30Cl2N2O3S/c1-35(32,33)26-12-2-21(3-13-26)20-31-16-14-30(15-17-31)18-19-34-27(22-4-8-24(28)9-5-22)23-6-10-25(29)11-7-23/h2-13,27H,14-20H2,1H3. The number of nitrogens with zero attached hydrogens (tertiary/aromatic N) is 2. The molecule has 0 N–H and O–H groups in total. The van der Waals surface area contributed by atoms with Crippen LogP contribution in [0.3, 0.4) is 0 Å². The summed E-state index contributed by atoms with van der Waals surface area (Å²) in [6, 6.07) is 22.8. The molecule has 1 aliphatic heterocycles. The van der Waals surface area contributed by atoms with Gasteiger partial charge >= 0.3 is 0 Å². The highest BCUT2D eigenvalue weighted by Crippen LogP contribution is 2.28. The van der Waals surface area contributed by atoms with Crippen molar-refractivity contribution in [2.24, 2.45) is 0 Å². The van der Waals surface area contributed by atoms with E-state index in [0.29, 0.717) is 21.5 Å². The summed E-state index contributed by atoms with van der Waals surface area (Å²) in [5.74, 6) is 0. The Morgan fingerprint density at radius 3 is 1.74 bits per heavy atom. The molecule has 1 saturated heterocycles. The maximum absolute atomic E-state index is 11.6. The number of rotatable bonds is 9. The fourth-order valence-corrected chi connectivity index (χ4v) is 5.11. The second-order valence-electron chi connectivity index (χ2n) is 8.89. The first-order chi connectivity index (χ1) is 16.8. The van der Waals surface area contributed by atoms with Crippen LogP contribution >= 0.6 is 23.2 Å². The Labute approximate surface area is 218 Å². The molecule has 0 aliphatic carbocycles. The Morgan fingerprint density at radius 2 is 1.26 bits per heavy atom. The molecule has 0 radical (unpaired) electrons. The lowest BCUT2D eigenvalue weighted by Crippen LogP contribution is -2.46. The predicted octanol–water partition coefficient (Wildman–Crippen LogP) is 5.32. The molecule has 5 nitrogen and oxygen atoms in total. The highest BCUT2D eigenvalue weighted by Gasteiger charge is 2.19. The van der Waals surface area contributed by atoms with Crippen LogP contribution in [0, 0.1) is 0 Å². The van der Waals surface area contributed by atoms with Gasteiger partial charge in [-0.3, -0.25) is 9.80 Å². The van der Waals surface area contributed by atoms with E-state index in [1.54, 1.807) is 12.1 Å². The number of piperazine rings is 1. The second kappa shape index (κ2) is 11.9. The van der Waals surface area contributed by atoms with Crippen molar-refractivity contribution >= 4 is 33.0 Å². The summed E-state index contributed by atoms with van der Waals surface area (Å²) >= 11 is 12.2. The molecule has 35 heavy (non-hydrogen) atoms. The van der Waals surface area contributed by atoms with Crippen molar-refractivity contribution in [1.29, 1.82) is 0 Å². The van der Waals surface area contributed by atoms with Crippen molar-refractivity contribution in [1.82, 2.24) is 9.80 Å². The molecule has 3 aromatic carbocycles. The van der Waals surface area contributed by atoms with Gasteiger partial charge in [-0.1, -0.05) is 59.6 Å². The van der Waals surface area contributed by atoms with Crippen molar-refractivity contribution in [3.63, 3.8) is 0 Å². The molecule has 0 unspecified atom stereocenters. The number of hydrogen-bond donors (Lipinski definition) is 0. The minimum Gasteiger partial charge on any atom is -0.367 e. The molecule has 0 saturated carbocycles. The monoisotopic (exact) mass is 532 g/mol. The first-order valence-electron chi connectivity index (χ1n) is 11.6. The minimum atomic E-state index is -3.16. The van der Waals surface area contributed by atoms with E-state index >= 15 is 0 Å². The third kappa shape index (κ3) is 7.53. The van der Waals surface area contributed by atoms with Crippen molar-refractivity contribution in [2.75, 3.05) is 45.6 Å². The number of benzene rings is 3. The summed E-state index contributed by atoms with van der Waals surface area (Å²) in [7, 11) is -3.16. The van der Waals surface area contributed by atoms with Gasteiger partial charge in [0.05, 0.1) is 11.5 Å².